The summed E-state index contributed by atoms with van der Waals surface area (Å²) in [5.41, 5.74) is 9.25. The normalized spacial score (nSPS) is 14.6. The fourth-order valence-electron chi connectivity index (χ4n) is 3.54. The van der Waals surface area contributed by atoms with Gasteiger partial charge in [-0.1, -0.05) is 18.2 Å². The van der Waals surface area contributed by atoms with E-state index in [2.05, 4.69) is 37.3 Å². The van der Waals surface area contributed by atoms with Gasteiger partial charge in [-0.25, -0.2) is 14.8 Å². The van der Waals surface area contributed by atoms with E-state index in [1.165, 1.54) is 7.11 Å². The molecule has 1 aromatic carbocycles. The van der Waals surface area contributed by atoms with E-state index in [1.54, 1.807) is 12.1 Å². The lowest BCUT2D eigenvalue weighted by atomic mass is 10.1. The first-order chi connectivity index (χ1) is 15.9. The fraction of sp³-hybridized carbons (Fsp3) is 0.304. The van der Waals surface area contributed by atoms with Crippen molar-refractivity contribution in [3.8, 4) is 0 Å². The van der Waals surface area contributed by atoms with Gasteiger partial charge in [0.1, 0.15) is 11.5 Å². The molecule has 3 aromatic rings. The highest BCUT2D eigenvalue weighted by Gasteiger charge is 2.21. The number of anilines is 4. The van der Waals surface area contributed by atoms with Crippen LogP contribution < -0.4 is 16.0 Å². The standard InChI is InChI=1S/C23H28N8O2/c1-15-14-19(29-28-15)26-21-20(24)22(31-12-10-30(2)11-13-31)27-18(25-21)9-6-16-4-7-17(8-5-16)23(32)33-3/h4-9,14H,10-13,24H2,1-3H3,(H2,25,26,27,28,29). The zero-order valence-corrected chi connectivity index (χ0v) is 19.0. The summed E-state index contributed by atoms with van der Waals surface area (Å²) in [6.07, 6.45) is 3.72. The van der Waals surface area contributed by atoms with Crippen molar-refractivity contribution < 1.29 is 9.53 Å². The number of carbonyl (C=O) groups excluding carboxylic acids is 1. The number of aromatic nitrogens is 4. The smallest absolute Gasteiger partial charge is 0.337 e. The zero-order chi connectivity index (χ0) is 23.4. The second-order valence-corrected chi connectivity index (χ2v) is 7.95. The van der Waals surface area contributed by atoms with E-state index in [-0.39, 0.29) is 5.97 Å². The molecule has 1 aliphatic rings. The minimum atomic E-state index is -0.367. The van der Waals surface area contributed by atoms with E-state index in [0.717, 1.165) is 37.4 Å². The van der Waals surface area contributed by atoms with E-state index in [9.17, 15) is 4.79 Å². The van der Waals surface area contributed by atoms with E-state index in [0.29, 0.717) is 34.5 Å². The number of piperazine rings is 1. The highest BCUT2D eigenvalue weighted by Crippen LogP contribution is 2.30. The molecule has 0 amide bonds. The van der Waals surface area contributed by atoms with Gasteiger partial charge in [0.2, 0.25) is 0 Å². The topological polar surface area (TPSA) is 125 Å². The van der Waals surface area contributed by atoms with Gasteiger partial charge in [-0.2, -0.15) is 5.10 Å². The van der Waals surface area contributed by atoms with Gasteiger partial charge in [0.05, 0.1) is 18.4 Å². The minimum absolute atomic E-state index is 0.367. The summed E-state index contributed by atoms with van der Waals surface area (Å²) in [6, 6.07) is 9.01. The number of ether oxygens (including phenoxy) is 1. The second-order valence-electron chi connectivity index (χ2n) is 7.95. The molecule has 0 spiro atoms. The van der Waals surface area contributed by atoms with Crippen LogP contribution >= 0.6 is 0 Å². The van der Waals surface area contributed by atoms with Crippen molar-refractivity contribution >= 4 is 41.3 Å². The number of hydrogen-bond donors (Lipinski definition) is 3. The van der Waals surface area contributed by atoms with E-state index in [4.69, 9.17) is 15.5 Å². The summed E-state index contributed by atoms with van der Waals surface area (Å²) >= 11 is 0. The Balaban J connectivity index is 1.64. The lowest BCUT2D eigenvalue weighted by Crippen LogP contribution is -2.45. The molecular formula is C23H28N8O2. The Morgan fingerprint density at radius 1 is 1.15 bits per heavy atom. The van der Waals surface area contributed by atoms with E-state index >= 15 is 0 Å². The van der Waals surface area contributed by atoms with Crippen LogP contribution in [-0.2, 0) is 4.74 Å². The van der Waals surface area contributed by atoms with Crippen LogP contribution in [0.5, 0.6) is 0 Å². The van der Waals surface area contributed by atoms with Gasteiger partial charge in [-0.3, -0.25) is 5.10 Å². The molecule has 10 nitrogen and oxygen atoms in total. The second kappa shape index (κ2) is 9.70. The fourth-order valence-corrected chi connectivity index (χ4v) is 3.54. The molecular weight excluding hydrogens is 420 g/mol. The maximum absolute atomic E-state index is 11.6. The lowest BCUT2D eigenvalue weighted by Gasteiger charge is -2.34. The van der Waals surface area contributed by atoms with Crippen molar-refractivity contribution in [2.24, 2.45) is 0 Å². The Kier molecular flexibility index (Phi) is 6.55. The molecule has 10 heteroatoms. The molecule has 172 valence electrons. The van der Waals surface area contributed by atoms with Crippen molar-refractivity contribution in [3.05, 3.63) is 53.0 Å². The first kappa shape index (κ1) is 22.3. The molecule has 1 fully saturated rings. The number of esters is 1. The quantitative estimate of drug-likeness (QED) is 0.488. The Bertz CT molecular complexity index is 1150. The van der Waals surface area contributed by atoms with Crippen LogP contribution in [0.25, 0.3) is 12.2 Å². The number of methoxy groups -OCH3 is 1. The summed E-state index contributed by atoms with van der Waals surface area (Å²) in [7, 11) is 3.47. The van der Waals surface area contributed by atoms with Crippen LogP contribution in [0, 0.1) is 6.92 Å². The number of hydrogen-bond acceptors (Lipinski definition) is 9. The van der Waals surface area contributed by atoms with Crippen molar-refractivity contribution in [1.82, 2.24) is 25.1 Å². The van der Waals surface area contributed by atoms with E-state index in [1.807, 2.05) is 37.3 Å². The van der Waals surface area contributed by atoms with Crippen LogP contribution in [0.1, 0.15) is 27.4 Å². The van der Waals surface area contributed by atoms with Crippen LogP contribution in [0.4, 0.5) is 23.1 Å². The molecule has 3 heterocycles. The average molecular weight is 449 g/mol. The molecule has 1 saturated heterocycles. The monoisotopic (exact) mass is 448 g/mol. The average Bonchev–Trinajstić information content (AvgIpc) is 3.24. The molecule has 4 rings (SSSR count). The van der Waals surface area contributed by atoms with Crippen molar-refractivity contribution in [2.45, 2.75) is 6.92 Å². The number of aryl methyl sites for hydroxylation is 1. The summed E-state index contributed by atoms with van der Waals surface area (Å²) in [6.45, 7) is 5.44. The van der Waals surface area contributed by atoms with Crippen LogP contribution in [0.2, 0.25) is 0 Å². The number of nitrogens with two attached hydrogens (primary N) is 1. The van der Waals surface area contributed by atoms with Gasteiger partial charge >= 0.3 is 5.97 Å². The van der Waals surface area contributed by atoms with Gasteiger partial charge in [-0.05, 0) is 37.7 Å². The summed E-state index contributed by atoms with van der Waals surface area (Å²) in [5.74, 6) is 2.08. The number of likely N-dealkylation sites (N-methyl/N-ethyl adjacent to an activating group) is 1. The summed E-state index contributed by atoms with van der Waals surface area (Å²) < 4.78 is 4.75. The van der Waals surface area contributed by atoms with Gasteiger partial charge in [-0.15, -0.1) is 0 Å². The van der Waals surface area contributed by atoms with Gasteiger partial charge in [0.15, 0.2) is 17.5 Å². The van der Waals surface area contributed by atoms with Crippen LogP contribution in [0.15, 0.2) is 30.3 Å². The number of nitrogen functional groups attached to an aromatic ring is 1. The number of benzene rings is 1. The molecule has 0 saturated carbocycles. The maximum atomic E-state index is 11.6. The van der Waals surface area contributed by atoms with Crippen LogP contribution in [0.3, 0.4) is 0 Å². The number of aromatic amines is 1. The SMILES string of the molecule is COC(=O)c1ccc(C=Cc2nc(Nc3cc(C)n[nH]3)c(N)c(N3CCN(C)CC3)n2)cc1. The zero-order valence-electron chi connectivity index (χ0n) is 19.0. The number of nitrogens with zero attached hydrogens (tertiary/aromatic N) is 5. The van der Waals surface area contributed by atoms with Gasteiger partial charge in [0.25, 0.3) is 0 Å². The van der Waals surface area contributed by atoms with Crippen molar-refractivity contribution in [2.75, 3.05) is 56.3 Å². The molecule has 33 heavy (non-hydrogen) atoms. The van der Waals surface area contributed by atoms with Crippen LogP contribution in [-0.4, -0.2) is 71.4 Å². The number of rotatable bonds is 6. The highest BCUT2D eigenvalue weighted by molar-refractivity contribution is 5.89. The molecule has 0 atom stereocenters. The Hall–Kier alpha value is -3.92. The predicted octanol–water partition coefficient (Wildman–Crippen LogP) is 2.54. The first-order valence-corrected chi connectivity index (χ1v) is 10.7. The predicted molar refractivity (Wildman–Crippen MR) is 129 cm³/mol. The third-order valence-electron chi connectivity index (χ3n) is 5.46. The largest absolute Gasteiger partial charge is 0.465 e. The first-order valence-electron chi connectivity index (χ1n) is 10.7. The third kappa shape index (κ3) is 5.29. The molecule has 0 aliphatic carbocycles. The highest BCUT2D eigenvalue weighted by atomic mass is 16.5. The Morgan fingerprint density at radius 2 is 1.88 bits per heavy atom. The molecule has 0 radical (unpaired) electrons. The molecule has 2 aromatic heterocycles. The third-order valence-corrected chi connectivity index (χ3v) is 5.46. The molecule has 4 N–H and O–H groups in total. The molecule has 0 unspecified atom stereocenters. The number of H-pyrrole nitrogens is 1. The Labute approximate surface area is 192 Å². The molecule has 0 bridgehead atoms. The van der Waals surface area contributed by atoms with Gasteiger partial charge in [0, 0.05) is 32.2 Å². The van der Waals surface area contributed by atoms with Crippen molar-refractivity contribution in [3.63, 3.8) is 0 Å². The van der Waals surface area contributed by atoms with Gasteiger partial charge < -0.3 is 25.6 Å². The maximum Gasteiger partial charge on any atom is 0.337 e. The summed E-state index contributed by atoms with van der Waals surface area (Å²) in [4.78, 5) is 25.5. The summed E-state index contributed by atoms with van der Waals surface area (Å²) in [5, 5.41) is 10.3. The lowest BCUT2D eigenvalue weighted by molar-refractivity contribution is 0.0600. The van der Waals surface area contributed by atoms with E-state index < -0.39 is 0 Å². The molecule has 1 aliphatic heterocycles. The minimum Gasteiger partial charge on any atom is -0.465 e. The number of nitrogens with one attached hydrogen (secondary N) is 2. The Morgan fingerprint density at radius 3 is 2.52 bits per heavy atom. The van der Waals surface area contributed by atoms with Crippen molar-refractivity contribution in [1.29, 1.82) is 0 Å². The number of carbonyl (C=O) groups is 1.